The van der Waals surface area contributed by atoms with Gasteiger partial charge in [0.15, 0.2) is 0 Å². The van der Waals surface area contributed by atoms with Crippen molar-refractivity contribution in [1.29, 1.82) is 0 Å². The molecule has 0 bridgehead atoms. The SMILES string of the molecule is CCC/C=C/CCCCCCCOC(=O)c1ccc(S(=O)(=O)[O-])cc1C(=O)OCCCCCCC/C=C/CCC.[K+]. The van der Waals surface area contributed by atoms with Crippen molar-refractivity contribution in [3.63, 3.8) is 0 Å². The topological polar surface area (TPSA) is 110 Å². The number of unbranched alkanes of at least 4 members (excludes halogenated alkanes) is 12. The molecule has 0 saturated carbocycles. The Labute approximate surface area is 291 Å². The zero-order valence-electron chi connectivity index (χ0n) is 25.5. The molecule has 1 rings (SSSR count). The number of rotatable bonds is 23. The van der Waals surface area contributed by atoms with E-state index in [1.54, 1.807) is 0 Å². The molecule has 41 heavy (non-hydrogen) atoms. The Morgan fingerprint density at radius 1 is 0.659 bits per heavy atom. The molecular formula is C32H49KO7S. The normalized spacial score (nSPS) is 11.6. The van der Waals surface area contributed by atoms with E-state index in [1.807, 2.05) is 0 Å². The van der Waals surface area contributed by atoms with E-state index < -0.39 is 27.0 Å². The number of hydrogen-bond donors (Lipinski definition) is 0. The zero-order chi connectivity index (χ0) is 29.5. The predicted molar refractivity (Wildman–Crippen MR) is 158 cm³/mol. The van der Waals surface area contributed by atoms with Crippen molar-refractivity contribution < 1.29 is 83.4 Å². The molecule has 0 aliphatic carbocycles. The van der Waals surface area contributed by atoms with Crippen molar-refractivity contribution in [2.45, 2.75) is 121 Å². The van der Waals surface area contributed by atoms with Gasteiger partial charge in [-0.15, -0.1) is 0 Å². The minimum absolute atomic E-state index is 0. The molecule has 0 amide bonds. The fourth-order valence-corrected chi connectivity index (χ4v) is 4.60. The van der Waals surface area contributed by atoms with Crippen molar-refractivity contribution >= 4 is 22.1 Å². The smallest absolute Gasteiger partial charge is 0.744 e. The Bertz CT molecular complexity index is 1020. The summed E-state index contributed by atoms with van der Waals surface area (Å²) in [6.45, 7) is 4.66. The molecule has 0 saturated heterocycles. The van der Waals surface area contributed by atoms with Gasteiger partial charge < -0.3 is 14.0 Å². The fourth-order valence-electron chi connectivity index (χ4n) is 4.10. The summed E-state index contributed by atoms with van der Waals surface area (Å²) in [4.78, 5) is 24.8. The molecule has 0 fully saturated rings. The van der Waals surface area contributed by atoms with Gasteiger partial charge in [0.2, 0.25) is 0 Å². The molecule has 9 heteroatoms. The molecular weight excluding hydrogens is 568 g/mol. The molecule has 0 N–H and O–H groups in total. The number of ether oxygens (including phenoxy) is 2. The van der Waals surface area contributed by atoms with E-state index in [4.69, 9.17) is 9.47 Å². The number of carbonyl (C=O) groups excluding carboxylic acids is 2. The van der Waals surface area contributed by atoms with E-state index in [0.717, 1.165) is 108 Å². The van der Waals surface area contributed by atoms with Gasteiger partial charge in [0.25, 0.3) is 0 Å². The molecule has 1 aromatic carbocycles. The Hall–Kier alpha value is -0.814. The summed E-state index contributed by atoms with van der Waals surface area (Å²) >= 11 is 0. The molecule has 0 aromatic heterocycles. The Kier molecular flexibility index (Phi) is 25.2. The van der Waals surface area contributed by atoms with E-state index >= 15 is 0 Å². The van der Waals surface area contributed by atoms with Crippen LogP contribution in [0.2, 0.25) is 0 Å². The second-order valence-electron chi connectivity index (χ2n) is 10.1. The summed E-state index contributed by atoms with van der Waals surface area (Å²) in [6, 6.07) is 3.06. The van der Waals surface area contributed by atoms with Gasteiger partial charge in [0.1, 0.15) is 10.1 Å². The monoisotopic (exact) mass is 616 g/mol. The molecule has 0 aliphatic heterocycles. The molecule has 1 aromatic rings. The molecule has 0 atom stereocenters. The minimum Gasteiger partial charge on any atom is -0.744 e. The molecule has 226 valence electrons. The minimum atomic E-state index is -4.80. The van der Waals surface area contributed by atoms with Crippen LogP contribution in [0.4, 0.5) is 0 Å². The average molecular weight is 617 g/mol. The first-order valence-electron chi connectivity index (χ1n) is 15.0. The maximum absolute atomic E-state index is 12.7. The van der Waals surface area contributed by atoms with Gasteiger partial charge in [-0.2, -0.15) is 0 Å². The molecule has 0 heterocycles. The van der Waals surface area contributed by atoms with Crippen molar-refractivity contribution in [2.24, 2.45) is 0 Å². The number of hydrogen-bond acceptors (Lipinski definition) is 7. The van der Waals surface area contributed by atoms with E-state index in [1.165, 1.54) is 0 Å². The van der Waals surface area contributed by atoms with Crippen molar-refractivity contribution in [1.82, 2.24) is 0 Å². The molecule has 0 spiro atoms. The predicted octanol–water partition coefficient (Wildman–Crippen LogP) is 5.30. The van der Waals surface area contributed by atoms with Gasteiger partial charge in [0, 0.05) is 0 Å². The fraction of sp³-hybridized carbons (Fsp3) is 0.625. The van der Waals surface area contributed by atoms with Gasteiger partial charge >= 0.3 is 63.3 Å². The molecule has 0 radical (unpaired) electrons. The van der Waals surface area contributed by atoms with E-state index in [2.05, 4.69) is 38.2 Å². The van der Waals surface area contributed by atoms with Crippen molar-refractivity contribution in [3.05, 3.63) is 53.6 Å². The Morgan fingerprint density at radius 3 is 1.54 bits per heavy atom. The summed E-state index contributed by atoms with van der Waals surface area (Å²) in [5.74, 6) is -1.58. The Morgan fingerprint density at radius 2 is 1.07 bits per heavy atom. The number of allylic oxidation sites excluding steroid dienone is 4. The standard InChI is InChI=1S/C32H50O7S.K/c1-3-5-7-9-11-13-15-17-19-21-25-38-31(33)29-24-23-28(40(35,36)37)27-30(29)32(34)39-26-22-20-18-16-14-12-10-8-6-4-2;/h7-10,23-24,27H,3-6,11-22,25-26H2,1-2H3,(H,35,36,37);/q;+1/p-1/b9-7+,10-8+;. The van der Waals surface area contributed by atoms with E-state index in [-0.39, 0.29) is 75.7 Å². The summed E-state index contributed by atoms with van der Waals surface area (Å²) in [5, 5.41) is 0. The summed E-state index contributed by atoms with van der Waals surface area (Å²) < 4.78 is 45.2. The summed E-state index contributed by atoms with van der Waals surface area (Å²) in [5.41, 5.74) is -0.371. The first-order chi connectivity index (χ1) is 19.3. The van der Waals surface area contributed by atoms with Crippen LogP contribution in [0.25, 0.3) is 0 Å². The maximum Gasteiger partial charge on any atom is 1.00 e. The van der Waals surface area contributed by atoms with Crippen LogP contribution < -0.4 is 51.4 Å². The number of benzene rings is 1. The van der Waals surface area contributed by atoms with Crippen molar-refractivity contribution in [3.8, 4) is 0 Å². The quantitative estimate of drug-likeness (QED) is 0.0539. The first-order valence-corrected chi connectivity index (χ1v) is 16.5. The van der Waals surface area contributed by atoms with Gasteiger partial charge in [-0.3, -0.25) is 0 Å². The average Bonchev–Trinajstić information content (AvgIpc) is 2.93. The molecule has 0 unspecified atom stereocenters. The Balaban J connectivity index is 0.0000160. The van der Waals surface area contributed by atoms with Crippen molar-refractivity contribution in [2.75, 3.05) is 13.2 Å². The van der Waals surface area contributed by atoms with Crippen LogP contribution in [0.3, 0.4) is 0 Å². The second kappa shape index (κ2) is 25.7. The number of carbonyl (C=O) groups is 2. The van der Waals surface area contributed by atoms with E-state index in [9.17, 15) is 22.6 Å². The first kappa shape index (κ1) is 40.2. The van der Waals surface area contributed by atoms with Crippen LogP contribution in [0.5, 0.6) is 0 Å². The maximum atomic E-state index is 12.7. The largest absolute Gasteiger partial charge is 1.00 e. The van der Waals surface area contributed by atoms with Gasteiger partial charge in [-0.05, 0) is 69.6 Å². The second-order valence-corrected chi connectivity index (χ2v) is 11.4. The number of esters is 2. The van der Waals surface area contributed by atoms with Gasteiger partial charge in [-0.25, -0.2) is 18.0 Å². The van der Waals surface area contributed by atoms with E-state index in [0.29, 0.717) is 12.8 Å². The third-order valence-corrected chi connectivity index (χ3v) is 7.29. The molecule has 0 aliphatic rings. The third kappa shape index (κ3) is 19.9. The third-order valence-electron chi connectivity index (χ3n) is 6.46. The van der Waals surface area contributed by atoms with Crippen LogP contribution >= 0.6 is 0 Å². The summed E-state index contributed by atoms with van der Waals surface area (Å²) in [7, 11) is -4.80. The van der Waals surface area contributed by atoms with Crippen LogP contribution in [0, 0.1) is 0 Å². The van der Waals surface area contributed by atoms with Gasteiger partial charge in [-0.1, -0.05) is 89.5 Å². The van der Waals surface area contributed by atoms with Crippen LogP contribution in [-0.2, 0) is 19.6 Å². The van der Waals surface area contributed by atoms with Crippen LogP contribution in [0.15, 0.2) is 47.4 Å². The van der Waals surface area contributed by atoms with Gasteiger partial charge in [0.05, 0.1) is 29.2 Å². The molecule has 7 nitrogen and oxygen atoms in total. The van der Waals surface area contributed by atoms with Crippen LogP contribution in [0.1, 0.15) is 137 Å². The van der Waals surface area contributed by atoms with Crippen LogP contribution in [-0.4, -0.2) is 38.1 Å². The summed E-state index contributed by atoms with van der Waals surface area (Å²) in [6.07, 6.45) is 25.3. The zero-order valence-corrected chi connectivity index (χ0v) is 29.5.